The number of halogens is 3. The minimum absolute atomic E-state index is 0.222. The Bertz CT molecular complexity index is 640. The average Bonchev–Trinajstić information content (AvgIpc) is 2.37. The van der Waals surface area contributed by atoms with Gasteiger partial charge in [0.1, 0.15) is 6.07 Å². The monoisotopic (exact) mass is 263 g/mol. The predicted molar refractivity (Wildman–Crippen MR) is 63.8 cm³/mol. The topological polar surface area (TPSA) is 62.7 Å². The molecule has 0 saturated carbocycles. The molecule has 1 heterocycles. The number of nitrogens with two attached hydrogens (primary N) is 1. The van der Waals surface area contributed by atoms with Crippen molar-refractivity contribution in [3.05, 3.63) is 47.7 Å². The smallest absolute Gasteiger partial charge is 0.397 e. The van der Waals surface area contributed by atoms with Crippen molar-refractivity contribution in [3.63, 3.8) is 0 Å². The summed E-state index contributed by atoms with van der Waals surface area (Å²) in [6.07, 6.45) is -3.03. The third-order valence-electron chi connectivity index (χ3n) is 2.51. The molecule has 3 nitrogen and oxygen atoms in total. The van der Waals surface area contributed by atoms with Crippen LogP contribution in [0.5, 0.6) is 0 Å². The number of hydrogen-bond donors (Lipinski definition) is 1. The second-order valence-corrected chi connectivity index (χ2v) is 3.85. The van der Waals surface area contributed by atoms with Crippen LogP contribution >= 0.6 is 0 Å². The summed E-state index contributed by atoms with van der Waals surface area (Å²) in [5.74, 6) is 0. The van der Waals surface area contributed by atoms with Crippen LogP contribution in [0.25, 0.3) is 11.3 Å². The molecular weight excluding hydrogens is 255 g/mol. The Kier molecular flexibility index (Phi) is 3.13. The van der Waals surface area contributed by atoms with Gasteiger partial charge in [-0.2, -0.15) is 18.4 Å². The number of hydrogen-bond acceptors (Lipinski definition) is 3. The number of nitrogens with zero attached hydrogens (tertiary/aromatic N) is 2. The van der Waals surface area contributed by atoms with Crippen LogP contribution < -0.4 is 5.73 Å². The summed E-state index contributed by atoms with van der Waals surface area (Å²) in [7, 11) is 0. The lowest BCUT2D eigenvalue weighted by Crippen LogP contribution is -2.04. The number of rotatable bonds is 1. The fraction of sp³-hybridized carbons (Fsp3) is 0.0769. The molecule has 0 radical (unpaired) electrons. The first kappa shape index (κ1) is 12.9. The third kappa shape index (κ3) is 2.65. The molecule has 0 aliphatic heterocycles. The van der Waals surface area contributed by atoms with Crippen LogP contribution in [-0.2, 0) is 6.18 Å². The van der Waals surface area contributed by atoms with E-state index in [9.17, 15) is 13.2 Å². The van der Waals surface area contributed by atoms with Crippen molar-refractivity contribution >= 4 is 5.69 Å². The van der Waals surface area contributed by atoms with Crippen LogP contribution in [0.2, 0.25) is 0 Å². The van der Waals surface area contributed by atoms with E-state index in [1.165, 1.54) is 24.4 Å². The third-order valence-corrected chi connectivity index (χ3v) is 2.51. The Morgan fingerprint density at radius 2 is 1.79 bits per heavy atom. The summed E-state index contributed by atoms with van der Waals surface area (Å²) in [5, 5.41) is 8.96. The van der Waals surface area contributed by atoms with Gasteiger partial charge in [-0.3, -0.25) is 4.98 Å². The molecule has 0 unspecified atom stereocenters. The number of anilines is 1. The number of nitrogen functional groups attached to an aromatic ring is 1. The summed E-state index contributed by atoms with van der Waals surface area (Å²) >= 11 is 0. The van der Waals surface area contributed by atoms with E-state index in [4.69, 9.17) is 11.0 Å². The first-order valence-corrected chi connectivity index (χ1v) is 5.25. The lowest BCUT2D eigenvalue weighted by atomic mass is 10.0. The van der Waals surface area contributed by atoms with Crippen LogP contribution in [0.1, 0.15) is 11.1 Å². The molecule has 1 aromatic heterocycles. The molecule has 0 aliphatic rings. The average molecular weight is 263 g/mol. The maximum absolute atomic E-state index is 12.4. The summed E-state index contributed by atoms with van der Waals surface area (Å²) in [4.78, 5) is 3.98. The zero-order chi connectivity index (χ0) is 14.0. The van der Waals surface area contributed by atoms with E-state index in [-0.39, 0.29) is 5.56 Å². The summed E-state index contributed by atoms with van der Waals surface area (Å²) < 4.78 is 37.3. The van der Waals surface area contributed by atoms with Crippen LogP contribution in [0.4, 0.5) is 18.9 Å². The fourth-order valence-corrected chi connectivity index (χ4v) is 1.61. The molecular formula is C13H8F3N3. The van der Waals surface area contributed by atoms with E-state index in [0.717, 1.165) is 12.1 Å². The van der Waals surface area contributed by atoms with E-state index >= 15 is 0 Å². The lowest BCUT2D eigenvalue weighted by Gasteiger charge is -2.08. The standard InChI is InChI=1S/C13H8F3N3/c14-13(15,16)10-3-1-8(2-4-10)12-9(6-17)5-11(18)7-19-12/h1-5,7H,18H2. The Morgan fingerprint density at radius 3 is 2.32 bits per heavy atom. The second kappa shape index (κ2) is 4.61. The molecule has 1 aromatic carbocycles. The minimum Gasteiger partial charge on any atom is -0.397 e. The maximum Gasteiger partial charge on any atom is 0.416 e. The highest BCUT2D eigenvalue weighted by molar-refractivity contribution is 5.68. The van der Waals surface area contributed by atoms with E-state index < -0.39 is 11.7 Å². The summed E-state index contributed by atoms with van der Waals surface area (Å²) in [5.41, 5.74) is 6.05. The normalized spacial score (nSPS) is 11.1. The van der Waals surface area contributed by atoms with Crippen molar-refractivity contribution in [2.75, 3.05) is 5.73 Å². The minimum atomic E-state index is -4.38. The summed E-state index contributed by atoms with van der Waals surface area (Å²) in [6.45, 7) is 0. The van der Waals surface area contributed by atoms with E-state index in [2.05, 4.69) is 4.98 Å². The van der Waals surface area contributed by atoms with E-state index in [1.807, 2.05) is 6.07 Å². The molecule has 0 bridgehead atoms. The number of aromatic nitrogens is 1. The Balaban J connectivity index is 2.47. The van der Waals surface area contributed by atoms with Crippen molar-refractivity contribution in [3.8, 4) is 17.3 Å². The highest BCUT2D eigenvalue weighted by atomic mass is 19.4. The van der Waals surface area contributed by atoms with Crippen molar-refractivity contribution in [2.45, 2.75) is 6.18 Å². The van der Waals surface area contributed by atoms with Gasteiger partial charge in [0.25, 0.3) is 0 Å². The molecule has 0 amide bonds. The van der Waals surface area contributed by atoms with Gasteiger partial charge in [-0.05, 0) is 18.2 Å². The van der Waals surface area contributed by atoms with Crippen LogP contribution in [-0.4, -0.2) is 4.98 Å². The van der Waals surface area contributed by atoms with E-state index in [1.54, 1.807) is 0 Å². The van der Waals surface area contributed by atoms with Gasteiger partial charge in [0.05, 0.1) is 28.7 Å². The molecule has 0 aliphatic carbocycles. The van der Waals surface area contributed by atoms with Gasteiger partial charge in [-0.15, -0.1) is 0 Å². The number of alkyl halides is 3. The molecule has 19 heavy (non-hydrogen) atoms. The van der Waals surface area contributed by atoms with Crippen molar-refractivity contribution in [1.82, 2.24) is 4.98 Å². The number of nitriles is 1. The predicted octanol–water partition coefficient (Wildman–Crippen LogP) is 3.22. The molecule has 0 atom stereocenters. The van der Waals surface area contributed by atoms with E-state index in [0.29, 0.717) is 16.9 Å². The quantitative estimate of drug-likeness (QED) is 0.859. The number of pyridine rings is 1. The second-order valence-electron chi connectivity index (χ2n) is 3.85. The molecule has 2 N–H and O–H groups in total. The number of benzene rings is 1. The lowest BCUT2D eigenvalue weighted by molar-refractivity contribution is -0.137. The van der Waals surface area contributed by atoms with Gasteiger partial charge in [-0.1, -0.05) is 12.1 Å². The molecule has 6 heteroatoms. The van der Waals surface area contributed by atoms with Gasteiger partial charge >= 0.3 is 6.18 Å². The van der Waals surface area contributed by atoms with Crippen molar-refractivity contribution in [1.29, 1.82) is 5.26 Å². The molecule has 0 saturated heterocycles. The van der Waals surface area contributed by atoms with Crippen LogP contribution in [0.3, 0.4) is 0 Å². The molecule has 96 valence electrons. The van der Waals surface area contributed by atoms with Gasteiger partial charge in [0, 0.05) is 5.56 Å². The van der Waals surface area contributed by atoms with Gasteiger partial charge in [0.2, 0.25) is 0 Å². The zero-order valence-electron chi connectivity index (χ0n) is 9.57. The Hall–Kier alpha value is -2.55. The molecule has 2 aromatic rings. The van der Waals surface area contributed by atoms with Crippen molar-refractivity contribution in [2.24, 2.45) is 0 Å². The van der Waals surface area contributed by atoms with Crippen LogP contribution in [0, 0.1) is 11.3 Å². The first-order chi connectivity index (χ1) is 8.91. The SMILES string of the molecule is N#Cc1cc(N)cnc1-c1ccc(C(F)(F)F)cc1. The Labute approximate surface area is 107 Å². The first-order valence-electron chi connectivity index (χ1n) is 5.25. The molecule has 0 spiro atoms. The fourth-order valence-electron chi connectivity index (χ4n) is 1.61. The highest BCUT2D eigenvalue weighted by Gasteiger charge is 2.30. The Morgan fingerprint density at radius 1 is 1.16 bits per heavy atom. The summed E-state index contributed by atoms with van der Waals surface area (Å²) in [6, 6.07) is 7.81. The molecule has 2 rings (SSSR count). The zero-order valence-corrected chi connectivity index (χ0v) is 9.57. The maximum atomic E-state index is 12.4. The van der Waals surface area contributed by atoms with Crippen molar-refractivity contribution < 1.29 is 13.2 Å². The van der Waals surface area contributed by atoms with Gasteiger partial charge < -0.3 is 5.73 Å². The van der Waals surface area contributed by atoms with Gasteiger partial charge in [0.15, 0.2) is 0 Å². The highest BCUT2D eigenvalue weighted by Crippen LogP contribution is 2.31. The largest absolute Gasteiger partial charge is 0.416 e. The van der Waals surface area contributed by atoms with Crippen LogP contribution in [0.15, 0.2) is 36.5 Å². The molecule has 0 fully saturated rings. The van der Waals surface area contributed by atoms with Gasteiger partial charge in [-0.25, -0.2) is 0 Å².